The van der Waals surface area contributed by atoms with E-state index in [1.165, 1.54) is 0 Å². The summed E-state index contributed by atoms with van der Waals surface area (Å²) in [5.74, 6) is 0.361. The van der Waals surface area contributed by atoms with E-state index in [9.17, 15) is 9.90 Å². The maximum absolute atomic E-state index is 12.2. The van der Waals surface area contributed by atoms with Gasteiger partial charge in [-0.05, 0) is 25.7 Å². The summed E-state index contributed by atoms with van der Waals surface area (Å²) in [4.78, 5) is 18.0. The minimum Gasteiger partial charge on any atom is -0.393 e. The van der Waals surface area contributed by atoms with Crippen LogP contribution in [-0.2, 0) is 7.05 Å². The summed E-state index contributed by atoms with van der Waals surface area (Å²) in [5, 5.41) is 9.51. The summed E-state index contributed by atoms with van der Waals surface area (Å²) < 4.78 is 1.74. The molecule has 1 aliphatic heterocycles. The Balaban J connectivity index is 1.98. The molecule has 0 aliphatic carbocycles. The quantitative estimate of drug-likeness (QED) is 0.821. The number of aliphatic hydroxyl groups excluding tert-OH is 1. The molecule has 1 unspecified atom stereocenters. The second-order valence-electron chi connectivity index (χ2n) is 4.76. The molecule has 5 nitrogen and oxygen atoms in total. The monoisotopic (exact) mass is 237 g/mol. The number of imidazole rings is 1. The molecule has 94 valence electrons. The lowest BCUT2D eigenvalue weighted by atomic mass is 9.92. The van der Waals surface area contributed by atoms with Crippen LogP contribution in [0.2, 0.25) is 0 Å². The number of aromatic nitrogens is 2. The molecule has 1 atom stereocenters. The highest BCUT2D eigenvalue weighted by atomic mass is 16.3. The first-order valence-corrected chi connectivity index (χ1v) is 6.03. The van der Waals surface area contributed by atoms with Gasteiger partial charge in [0.25, 0.3) is 5.91 Å². The number of piperidine rings is 1. The van der Waals surface area contributed by atoms with Gasteiger partial charge in [0.1, 0.15) is 5.69 Å². The largest absolute Gasteiger partial charge is 0.393 e. The van der Waals surface area contributed by atoms with Crippen LogP contribution in [0, 0.1) is 5.92 Å². The molecule has 1 N–H and O–H groups in total. The maximum Gasteiger partial charge on any atom is 0.272 e. The number of hydrogen-bond donors (Lipinski definition) is 1. The molecule has 2 heterocycles. The summed E-state index contributed by atoms with van der Waals surface area (Å²) in [6, 6.07) is 0. The highest BCUT2D eigenvalue weighted by Gasteiger charge is 2.26. The maximum atomic E-state index is 12.2. The molecule has 17 heavy (non-hydrogen) atoms. The van der Waals surface area contributed by atoms with E-state index in [0.29, 0.717) is 11.6 Å². The first-order chi connectivity index (χ1) is 8.09. The Morgan fingerprint density at radius 2 is 2.18 bits per heavy atom. The molecule has 0 bridgehead atoms. The number of likely N-dealkylation sites (tertiary alicyclic amines) is 1. The smallest absolute Gasteiger partial charge is 0.272 e. The van der Waals surface area contributed by atoms with Crippen molar-refractivity contribution in [3.8, 4) is 0 Å². The molecule has 0 aromatic carbocycles. The van der Waals surface area contributed by atoms with Gasteiger partial charge in [-0.1, -0.05) is 0 Å². The Labute approximate surface area is 101 Å². The second-order valence-corrected chi connectivity index (χ2v) is 4.76. The lowest BCUT2D eigenvalue weighted by molar-refractivity contribution is 0.0514. The highest BCUT2D eigenvalue weighted by Crippen LogP contribution is 2.21. The van der Waals surface area contributed by atoms with Gasteiger partial charge < -0.3 is 14.6 Å². The first-order valence-electron chi connectivity index (χ1n) is 6.03. The van der Waals surface area contributed by atoms with Crippen LogP contribution in [0.25, 0.3) is 0 Å². The van der Waals surface area contributed by atoms with Gasteiger partial charge in [0.05, 0.1) is 18.6 Å². The van der Waals surface area contributed by atoms with E-state index in [0.717, 1.165) is 25.9 Å². The average Bonchev–Trinajstić information content (AvgIpc) is 2.74. The number of rotatable bonds is 2. The van der Waals surface area contributed by atoms with E-state index in [2.05, 4.69) is 4.98 Å². The summed E-state index contributed by atoms with van der Waals surface area (Å²) in [6.45, 7) is 3.27. The van der Waals surface area contributed by atoms with Crippen molar-refractivity contribution in [2.45, 2.75) is 25.9 Å². The van der Waals surface area contributed by atoms with Gasteiger partial charge in [0.2, 0.25) is 0 Å². The Kier molecular flexibility index (Phi) is 3.47. The number of hydrogen-bond acceptors (Lipinski definition) is 3. The topological polar surface area (TPSA) is 58.4 Å². The van der Waals surface area contributed by atoms with Gasteiger partial charge in [-0.3, -0.25) is 4.79 Å². The third kappa shape index (κ3) is 2.49. The van der Waals surface area contributed by atoms with Crippen molar-refractivity contribution in [2.75, 3.05) is 13.1 Å². The molecule has 5 heteroatoms. The molecule has 2 rings (SSSR count). The van der Waals surface area contributed by atoms with Crippen molar-refractivity contribution < 1.29 is 9.90 Å². The van der Waals surface area contributed by atoms with Crippen LogP contribution in [0.3, 0.4) is 0 Å². The van der Waals surface area contributed by atoms with Crippen molar-refractivity contribution in [3.63, 3.8) is 0 Å². The lowest BCUT2D eigenvalue weighted by Crippen LogP contribution is -2.41. The van der Waals surface area contributed by atoms with E-state index < -0.39 is 0 Å². The third-order valence-corrected chi connectivity index (χ3v) is 3.54. The molecule has 0 radical (unpaired) electrons. The fraction of sp³-hybridized carbons (Fsp3) is 0.667. The standard InChI is InChI=1S/C12H19N3O2/c1-9(16)10-3-5-15(6-4-10)12(17)11-7-13-8-14(11)2/h7-10,16H,3-6H2,1-2H3. The zero-order chi connectivity index (χ0) is 12.4. The number of nitrogens with zero attached hydrogens (tertiary/aromatic N) is 3. The van der Waals surface area contributed by atoms with Crippen LogP contribution >= 0.6 is 0 Å². The van der Waals surface area contributed by atoms with E-state index in [-0.39, 0.29) is 12.0 Å². The minimum atomic E-state index is -0.274. The molecular formula is C12H19N3O2. The molecule has 1 fully saturated rings. The van der Waals surface area contributed by atoms with Gasteiger partial charge >= 0.3 is 0 Å². The Bertz CT molecular complexity index is 392. The van der Waals surface area contributed by atoms with E-state index in [4.69, 9.17) is 0 Å². The van der Waals surface area contributed by atoms with Gasteiger partial charge in [0, 0.05) is 20.1 Å². The van der Waals surface area contributed by atoms with E-state index in [1.54, 1.807) is 17.1 Å². The second kappa shape index (κ2) is 4.87. The summed E-state index contributed by atoms with van der Waals surface area (Å²) >= 11 is 0. The van der Waals surface area contributed by atoms with Crippen molar-refractivity contribution >= 4 is 5.91 Å². The third-order valence-electron chi connectivity index (χ3n) is 3.54. The van der Waals surface area contributed by atoms with Gasteiger partial charge in [0.15, 0.2) is 0 Å². The summed E-state index contributed by atoms with van der Waals surface area (Å²) in [7, 11) is 1.82. The Morgan fingerprint density at radius 3 is 2.65 bits per heavy atom. The van der Waals surface area contributed by atoms with Crippen LogP contribution in [-0.4, -0.2) is 44.7 Å². The fourth-order valence-corrected chi connectivity index (χ4v) is 2.31. The fourth-order valence-electron chi connectivity index (χ4n) is 2.31. The predicted molar refractivity (Wildman–Crippen MR) is 63.5 cm³/mol. The zero-order valence-corrected chi connectivity index (χ0v) is 10.3. The van der Waals surface area contributed by atoms with Gasteiger partial charge in [-0.25, -0.2) is 4.98 Å². The molecule has 1 saturated heterocycles. The van der Waals surface area contributed by atoms with Crippen LogP contribution in [0.5, 0.6) is 0 Å². The van der Waals surface area contributed by atoms with Crippen LogP contribution in [0.1, 0.15) is 30.3 Å². The number of amides is 1. The van der Waals surface area contributed by atoms with E-state index in [1.807, 2.05) is 18.9 Å². The zero-order valence-electron chi connectivity index (χ0n) is 10.3. The Morgan fingerprint density at radius 1 is 1.53 bits per heavy atom. The SMILES string of the molecule is CC(O)C1CCN(C(=O)c2cncn2C)CC1. The molecule has 0 spiro atoms. The van der Waals surface area contributed by atoms with Crippen molar-refractivity contribution in [2.24, 2.45) is 13.0 Å². The lowest BCUT2D eigenvalue weighted by Gasteiger charge is -2.33. The van der Waals surface area contributed by atoms with Crippen LogP contribution in [0.15, 0.2) is 12.5 Å². The highest BCUT2D eigenvalue weighted by molar-refractivity contribution is 5.92. The number of aryl methyl sites for hydroxylation is 1. The molecular weight excluding hydrogens is 218 g/mol. The number of carbonyl (C=O) groups is 1. The summed E-state index contributed by atoms with van der Waals surface area (Å²) in [6.07, 6.45) is 4.71. The van der Waals surface area contributed by atoms with Crippen LogP contribution in [0.4, 0.5) is 0 Å². The van der Waals surface area contributed by atoms with Crippen LogP contribution < -0.4 is 0 Å². The minimum absolute atomic E-state index is 0.0362. The normalized spacial score (nSPS) is 19.4. The molecule has 1 amide bonds. The molecule has 0 saturated carbocycles. The summed E-state index contributed by atoms with van der Waals surface area (Å²) in [5.41, 5.74) is 0.625. The molecule has 1 aromatic heterocycles. The first kappa shape index (κ1) is 12.1. The van der Waals surface area contributed by atoms with Crippen molar-refractivity contribution in [1.82, 2.24) is 14.5 Å². The van der Waals surface area contributed by atoms with Gasteiger partial charge in [-0.15, -0.1) is 0 Å². The predicted octanol–water partition coefficient (Wildman–Crippen LogP) is 0.653. The number of aliphatic hydroxyl groups is 1. The van der Waals surface area contributed by atoms with Crippen molar-refractivity contribution in [3.05, 3.63) is 18.2 Å². The molecule has 1 aromatic rings. The molecule has 1 aliphatic rings. The average molecular weight is 237 g/mol. The Hall–Kier alpha value is -1.36. The van der Waals surface area contributed by atoms with Crippen molar-refractivity contribution in [1.29, 1.82) is 0 Å². The number of carbonyl (C=O) groups excluding carboxylic acids is 1. The van der Waals surface area contributed by atoms with E-state index >= 15 is 0 Å². The van der Waals surface area contributed by atoms with Gasteiger partial charge in [-0.2, -0.15) is 0 Å².